The summed E-state index contributed by atoms with van der Waals surface area (Å²) >= 11 is 1.53. The van der Waals surface area contributed by atoms with Gasteiger partial charge in [0, 0.05) is 10.6 Å². The number of thioether (sulfide) groups is 1. The van der Waals surface area contributed by atoms with E-state index in [1.807, 2.05) is 0 Å². The molecule has 2 aromatic rings. The SMILES string of the molecule is OCC#Cc1cc(CSc2ccc(F)cc2)ccc1F. The Morgan fingerprint density at radius 3 is 2.50 bits per heavy atom. The zero-order chi connectivity index (χ0) is 14.4. The Morgan fingerprint density at radius 2 is 1.80 bits per heavy atom. The summed E-state index contributed by atoms with van der Waals surface area (Å²) < 4.78 is 26.2. The van der Waals surface area contributed by atoms with Crippen LogP contribution in [0.5, 0.6) is 0 Å². The minimum absolute atomic E-state index is 0.266. The highest BCUT2D eigenvalue weighted by molar-refractivity contribution is 7.98. The van der Waals surface area contributed by atoms with Gasteiger partial charge in [0.1, 0.15) is 18.2 Å². The fraction of sp³-hybridized carbons (Fsp3) is 0.125. The van der Waals surface area contributed by atoms with Crippen molar-refractivity contribution in [1.82, 2.24) is 0 Å². The number of hydrogen-bond donors (Lipinski definition) is 1. The summed E-state index contributed by atoms with van der Waals surface area (Å²) in [6, 6.07) is 10.9. The summed E-state index contributed by atoms with van der Waals surface area (Å²) in [5.41, 5.74) is 1.19. The van der Waals surface area contributed by atoms with Crippen LogP contribution in [0.15, 0.2) is 47.4 Å². The molecule has 0 aliphatic carbocycles. The maximum Gasteiger partial charge on any atom is 0.138 e. The van der Waals surface area contributed by atoms with Gasteiger partial charge in [0.05, 0.1) is 5.56 Å². The maximum absolute atomic E-state index is 13.5. The Labute approximate surface area is 120 Å². The Balaban J connectivity index is 2.08. The largest absolute Gasteiger partial charge is 0.384 e. The molecule has 0 radical (unpaired) electrons. The minimum atomic E-state index is -0.401. The standard InChI is InChI=1S/C16H12F2OS/c17-14-4-6-15(7-5-14)20-11-12-3-8-16(18)13(10-12)2-1-9-19/h3-8,10,19H,9,11H2. The summed E-state index contributed by atoms with van der Waals surface area (Å²) in [7, 11) is 0. The van der Waals surface area contributed by atoms with E-state index in [9.17, 15) is 8.78 Å². The molecule has 1 N–H and O–H groups in total. The van der Waals surface area contributed by atoms with Gasteiger partial charge in [0.2, 0.25) is 0 Å². The first-order valence-corrected chi connectivity index (χ1v) is 6.94. The van der Waals surface area contributed by atoms with Crippen LogP contribution in [0.25, 0.3) is 0 Å². The summed E-state index contributed by atoms with van der Waals surface area (Å²) in [6.45, 7) is -0.298. The van der Waals surface area contributed by atoms with E-state index in [0.717, 1.165) is 10.5 Å². The Bertz CT molecular complexity index is 642. The van der Waals surface area contributed by atoms with Gasteiger partial charge in [-0.3, -0.25) is 0 Å². The summed E-state index contributed by atoms with van der Waals surface area (Å²) in [5, 5.41) is 8.63. The highest BCUT2D eigenvalue weighted by Gasteiger charge is 2.02. The molecule has 20 heavy (non-hydrogen) atoms. The average molecular weight is 290 g/mol. The predicted molar refractivity (Wildman–Crippen MR) is 76.3 cm³/mol. The van der Waals surface area contributed by atoms with Crippen LogP contribution in [-0.2, 0) is 5.75 Å². The molecule has 2 aromatic carbocycles. The first-order chi connectivity index (χ1) is 9.69. The van der Waals surface area contributed by atoms with E-state index in [1.165, 1.54) is 30.0 Å². The predicted octanol–water partition coefficient (Wildman–Crippen LogP) is 3.60. The minimum Gasteiger partial charge on any atom is -0.384 e. The van der Waals surface area contributed by atoms with Gasteiger partial charge in [0.25, 0.3) is 0 Å². The van der Waals surface area contributed by atoms with Crippen molar-refractivity contribution in [2.24, 2.45) is 0 Å². The highest BCUT2D eigenvalue weighted by atomic mass is 32.2. The van der Waals surface area contributed by atoms with E-state index < -0.39 is 5.82 Å². The molecule has 102 valence electrons. The molecule has 0 atom stereocenters. The molecule has 0 aliphatic heterocycles. The molecule has 0 spiro atoms. The van der Waals surface area contributed by atoms with Gasteiger partial charge < -0.3 is 5.11 Å². The maximum atomic E-state index is 13.5. The van der Waals surface area contributed by atoms with E-state index in [1.54, 1.807) is 24.3 Å². The normalized spacial score (nSPS) is 9.95. The molecule has 0 saturated heterocycles. The molecule has 2 rings (SSSR count). The number of benzene rings is 2. The smallest absolute Gasteiger partial charge is 0.138 e. The molecule has 0 fully saturated rings. The summed E-state index contributed by atoms with van der Waals surface area (Å²) in [6.07, 6.45) is 0. The molecule has 0 amide bonds. The third-order valence-corrected chi connectivity index (χ3v) is 3.64. The number of aliphatic hydroxyl groups is 1. The first kappa shape index (κ1) is 14.6. The number of rotatable bonds is 3. The van der Waals surface area contributed by atoms with Crippen LogP contribution >= 0.6 is 11.8 Å². The van der Waals surface area contributed by atoms with Gasteiger partial charge in [0.15, 0.2) is 0 Å². The number of aliphatic hydroxyl groups excluding tert-OH is 1. The van der Waals surface area contributed by atoms with Crippen molar-refractivity contribution in [2.45, 2.75) is 10.6 Å². The van der Waals surface area contributed by atoms with E-state index in [0.29, 0.717) is 5.75 Å². The Kier molecular flexibility index (Phi) is 5.16. The zero-order valence-electron chi connectivity index (χ0n) is 10.6. The van der Waals surface area contributed by atoms with Crippen LogP contribution in [0, 0.1) is 23.5 Å². The molecule has 4 heteroatoms. The van der Waals surface area contributed by atoms with E-state index in [4.69, 9.17) is 5.11 Å². The lowest BCUT2D eigenvalue weighted by molar-refractivity contribution is 0.350. The van der Waals surface area contributed by atoms with E-state index >= 15 is 0 Å². The lowest BCUT2D eigenvalue weighted by Crippen LogP contribution is -1.88. The topological polar surface area (TPSA) is 20.2 Å². The number of hydrogen-bond acceptors (Lipinski definition) is 2. The second-order valence-corrected chi connectivity index (χ2v) is 5.07. The van der Waals surface area contributed by atoms with Crippen LogP contribution in [0.4, 0.5) is 8.78 Å². The summed E-state index contributed by atoms with van der Waals surface area (Å²) in [5.74, 6) is 4.98. The molecule has 1 nitrogen and oxygen atoms in total. The van der Waals surface area contributed by atoms with Gasteiger partial charge in [-0.1, -0.05) is 17.9 Å². The first-order valence-electron chi connectivity index (χ1n) is 5.95. The van der Waals surface area contributed by atoms with E-state index in [-0.39, 0.29) is 18.0 Å². The van der Waals surface area contributed by atoms with Crippen LogP contribution in [0.2, 0.25) is 0 Å². The van der Waals surface area contributed by atoms with E-state index in [2.05, 4.69) is 11.8 Å². The van der Waals surface area contributed by atoms with Crippen molar-refractivity contribution >= 4 is 11.8 Å². The highest BCUT2D eigenvalue weighted by Crippen LogP contribution is 2.23. The lowest BCUT2D eigenvalue weighted by atomic mass is 10.1. The van der Waals surface area contributed by atoms with Crippen molar-refractivity contribution in [3.8, 4) is 11.8 Å². The monoisotopic (exact) mass is 290 g/mol. The van der Waals surface area contributed by atoms with Crippen molar-refractivity contribution in [3.63, 3.8) is 0 Å². The molecule has 0 bridgehead atoms. The average Bonchev–Trinajstić information content (AvgIpc) is 2.46. The van der Waals surface area contributed by atoms with Crippen LogP contribution < -0.4 is 0 Å². The molecule has 0 saturated carbocycles. The van der Waals surface area contributed by atoms with Gasteiger partial charge >= 0.3 is 0 Å². The van der Waals surface area contributed by atoms with Gasteiger partial charge in [-0.15, -0.1) is 11.8 Å². The van der Waals surface area contributed by atoms with Crippen LogP contribution in [-0.4, -0.2) is 11.7 Å². The Morgan fingerprint density at radius 1 is 1.05 bits per heavy atom. The molecule has 0 aromatic heterocycles. The molecular weight excluding hydrogens is 278 g/mol. The zero-order valence-corrected chi connectivity index (χ0v) is 11.4. The van der Waals surface area contributed by atoms with Crippen molar-refractivity contribution in [1.29, 1.82) is 0 Å². The molecule has 0 aliphatic rings. The lowest BCUT2D eigenvalue weighted by Gasteiger charge is -2.03. The molecule has 0 heterocycles. The molecular formula is C16H12F2OS. The van der Waals surface area contributed by atoms with Gasteiger partial charge in [-0.2, -0.15) is 0 Å². The quantitative estimate of drug-likeness (QED) is 0.688. The van der Waals surface area contributed by atoms with Crippen LogP contribution in [0.1, 0.15) is 11.1 Å². The fourth-order valence-corrected chi connectivity index (χ4v) is 2.43. The van der Waals surface area contributed by atoms with Crippen LogP contribution in [0.3, 0.4) is 0 Å². The second-order valence-electron chi connectivity index (χ2n) is 4.02. The fourth-order valence-electron chi connectivity index (χ4n) is 1.59. The summed E-state index contributed by atoms with van der Waals surface area (Å²) in [4.78, 5) is 0.943. The van der Waals surface area contributed by atoms with Gasteiger partial charge in [-0.25, -0.2) is 8.78 Å². The molecule has 0 unspecified atom stereocenters. The third kappa shape index (κ3) is 4.09. The third-order valence-electron chi connectivity index (χ3n) is 2.55. The number of halogens is 2. The Hall–Kier alpha value is -1.83. The van der Waals surface area contributed by atoms with Crippen molar-refractivity contribution < 1.29 is 13.9 Å². The van der Waals surface area contributed by atoms with Crippen molar-refractivity contribution in [3.05, 3.63) is 65.2 Å². The van der Waals surface area contributed by atoms with Crippen molar-refractivity contribution in [2.75, 3.05) is 6.61 Å². The second kappa shape index (κ2) is 7.09. The van der Waals surface area contributed by atoms with Gasteiger partial charge in [-0.05, 0) is 42.0 Å².